The predicted molar refractivity (Wildman–Crippen MR) is 147 cm³/mol. The number of pyridine rings is 1. The summed E-state index contributed by atoms with van der Waals surface area (Å²) in [5, 5.41) is 10.1. The largest absolute Gasteiger partial charge is 0.481 e. The molecule has 2 aliphatic heterocycles. The van der Waals surface area contributed by atoms with Gasteiger partial charge >= 0.3 is 12.0 Å². The highest BCUT2D eigenvalue weighted by Gasteiger charge is 2.41. The molecule has 0 amide bonds. The van der Waals surface area contributed by atoms with Crippen molar-refractivity contribution >= 4 is 28.9 Å². The summed E-state index contributed by atoms with van der Waals surface area (Å²) in [6.07, 6.45) is 6.48. The van der Waals surface area contributed by atoms with E-state index in [9.17, 15) is 9.90 Å². The molecule has 2 aromatic rings. The number of ether oxygens (including phenoxy) is 4. The summed E-state index contributed by atoms with van der Waals surface area (Å²) in [5.41, 5.74) is 1.65. The Morgan fingerprint density at radius 1 is 1.10 bits per heavy atom. The molecule has 0 aliphatic carbocycles. The van der Waals surface area contributed by atoms with Gasteiger partial charge in [-0.1, -0.05) is 25.4 Å². The summed E-state index contributed by atoms with van der Waals surface area (Å²) in [4.78, 5) is 29.0. The molecule has 2 aliphatic rings. The maximum Gasteiger partial charge on any atom is 0.316 e. The molecule has 0 aromatic carbocycles. The van der Waals surface area contributed by atoms with Gasteiger partial charge < -0.3 is 33.9 Å². The minimum atomic E-state index is -0.843. The average Bonchev–Trinajstić information content (AvgIpc) is 3.22. The van der Waals surface area contributed by atoms with Crippen molar-refractivity contribution in [3.05, 3.63) is 29.7 Å². The van der Waals surface area contributed by atoms with Gasteiger partial charge in [-0.15, -0.1) is 0 Å². The summed E-state index contributed by atoms with van der Waals surface area (Å²) in [6.45, 7) is 7.45. The van der Waals surface area contributed by atoms with Gasteiger partial charge in [-0.05, 0) is 6.42 Å². The van der Waals surface area contributed by atoms with Gasteiger partial charge in [0.1, 0.15) is 6.10 Å². The molecular formula is C27H38ClN5O6. The van der Waals surface area contributed by atoms with Crippen LogP contribution in [-0.4, -0.2) is 91.3 Å². The fourth-order valence-corrected chi connectivity index (χ4v) is 5.60. The van der Waals surface area contributed by atoms with Crippen LogP contribution in [0.2, 0.25) is 5.02 Å². The van der Waals surface area contributed by atoms with Crippen molar-refractivity contribution in [1.29, 1.82) is 0 Å². The molecule has 11 nitrogen and oxygen atoms in total. The third kappa shape index (κ3) is 7.20. The summed E-state index contributed by atoms with van der Waals surface area (Å²) in [5.74, 6) is -0.0763. The lowest BCUT2D eigenvalue weighted by atomic mass is 9.96. The monoisotopic (exact) mass is 563 g/mol. The lowest BCUT2D eigenvalue weighted by Crippen LogP contribution is -2.44. The van der Waals surface area contributed by atoms with Crippen LogP contribution < -0.4 is 19.3 Å². The van der Waals surface area contributed by atoms with E-state index in [0.717, 1.165) is 37.3 Å². The van der Waals surface area contributed by atoms with E-state index >= 15 is 0 Å². The third-order valence-electron chi connectivity index (χ3n) is 7.57. The van der Waals surface area contributed by atoms with Crippen molar-refractivity contribution in [2.45, 2.75) is 51.4 Å². The average molecular weight is 564 g/mol. The summed E-state index contributed by atoms with van der Waals surface area (Å²) >= 11 is 6.40. The Bertz CT molecular complexity index is 1090. The highest BCUT2D eigenvalue weighted by atomic mass is 35.5. The van der Waals surface area contributed by atoms with Gasteiger partial charge in [-0.25, -0.2) is 15.0 Å². The molecule has 0 radical (unpaired) electrons. The van der Waals surface area contributed by atoms with Crippen molar-refractivity contribution in [2.75, 3.05) is 56.9 Å². The number of aliphatic carboxylic acids is 1. The van der Waals surface area contributed by atoms with Gasteiger partial charge in [0.15, 0.2) is 0 Å². The second-order valence-corrected chi connectivity index (χ2v) is 10.6. The third-order valence-corrected chi connectivity index (χ3v) is 7.86. The van der Waals surface area contributed by atoms with Crippen LogP contribution in [0, 0.1) is 11.8 Å². The lowest BCUT2D eigenvalue weighted by Gasteiger charge is -2.38. The SMILES string of the molecule is COCCCO[C@H]1CN(c2cnc(O[C@@H]3CCN(c4cc(OC)ncc4Cl)C[C@H]3C)nc2)[C@@H](CC(=O)O)[C@@H]1C. The highest BCUT2D eigenvalue weighted by molar-refractivity contribution is 6.33. The number of methoxy groups -OCH3 is 2. The first-order valence-corrected chi connectivity index (χ1v) is 13.7. The summed E-state index contributed by atoms with van der Waals surface area (Å²) in [6, 6.07) is 1.94. The van der Waals surface area contributed by atoms with E-state index in [-0.39, 0.29) is 36.5 Å². The van der Waals surface area contributed by atoms with E-state index in [1.165, 1.54) is 0 Å². The van der Waals surface area contributed by atoms with Gasteiger partial charge in [0, 0.05) is 70.3 Å². The van der Waals surface area contributed by atoms with Crippen LogP contribution in [0.1, 0.15) is 33.1 Å². The first-order valence-electron chi connectivity index (χ1n) is 13.3. The number of hydrogen-bond donors (Lipinski definition) is 1. The van der Waals surface area contributed by atoms with E-state index in [2.05, 4.69) is 26.8 Å². The molecule has 2 saturated heterocycles. The topological polar surface area (TPSA) is 119 Å². The molecule has 0 unspecified atom stereocenters. The van der Waals surface area contributed by atoms with Crippen molar-refractivity contribution in [2.24, 2.45) is 11.8 Å². The van der Waals surface area contributed by atoms with Crippen LogP contribution in [0.5, 0.6) is 11.9 Å². The first kappa shape index (κ1) is 29.1. The molecule has 4 heterocycles. The molecule has 214 valence electrons. The van der Waals surface area contributed by atoms with Crippen LogP contribution in [0.3, 0.4) is 0 Å². The van der Waals surface area contributed by atoms with Crippen LogP contribution >= 0.6 is 11.6 Å². The zero-order valence-electron chi connectivity index (χ0n) is 23.0. The van der Waals surface area contributed by atoms with E-state index in [1.54, 1.807) is 32.8 Å². The standard InChI is InChI=1S/C27H38ClN5O6/c1-17-15-32(22-10-25(37-4)29-14-20(22)28)7-6-23(17)39-27-30-12-19(13-31-27)33-16-24(38-9-5-8-36-3)18(2)21(33)11-26(34)35/h10,12-14,17-18,21,23-24H,5-9,11,15-16H2,1-4H3,(H,34,35)/t17-,18+,21+,23-,24+/m1/s1. The number of hydrogen-bond acceptors (Lipinski definition) is 10. The Morgan fingerprint density at radius 2 is 1.87 bits per heavy atom. The molecule has 0 saturated carbocycles. The van der Waals surface area contributed by atoms with Gasteiger partial charge in [-0.2, -0.15) is 0 Å². The van der Waals surface area contributed by atoms with E-state index in [0.29, 0.717) is 36.7 Å². The highest BCUT2D eigenvalue weighted by Crippen LogP contribution is 2.35. The number of anilines is 2. The second-order valence-electron chi connectivity index (χ2n) is 10.2. The van der Waals surface area contributed by atoms with Crippen molar-refractivity contribution < 1.29 is 28.8 Å². The van der Waals surface area contributed by atoms with E-state index in [4.69, 9.17) is 30.5 Å². The van der Waals surface area contributed by atoms with Gasteiger partial charge in [-0.3, -0.25) is 4.79 Å². The molecule has 5 atom stereocenters. The Morgan fingerprint density at radius 3 is 2.54 bits per heavy atom. The lowest BCUT2D eigenvalue weighted by molar-refractivity contribution is -0.137. The number of carboxylic acids is 1. The Hall–Kier alpha value is -2.89. The fraction of sp³-hybridized carbons (Fsp3) is 0.630. The number of rotatable bonds is 12. The van der Waals surface area contributed by atoms with E-state index in [1.807, 2.05) is 17.9 Å². The van der Waals surface area contributed by atoms with E-state index < -0.39 is 5.97 Å². The second kappa shape index (κ2) is 13.5. The number of carboxylic acid groups (broad SMARTS) is 1. The van der Waals surface area contributed by atoms with Gasteiger partial charge in [0.25, 0.3) is 0 Å². The zero-order chi connectivity index (χ0) is 27.9. The molecule has 4 rings (SSSR count). The normalized spacial score (nSPS) is 25.1. The number of aromatic nitrogens is 3. The minimum absolute atomic E-state index is 0.0147. The molecule has 2 aromatic heterocycles. The zero-order valence-corrected chi connectivity index (χ0v) is 23.7. The van der Waals surface area contributed by atoms with Crippen LogP contribution in [-0.2, 0) is 14.3 Å². The van der Waals surface area contributed by atoms with Crippen LogP contribution in [0.15, 0.2) is 24.7 Å². The Kier molecular flexibility index (Phi) is 10.0. The Labute approximate surface area is 234 Å². The molecule has 0 bridgehead atoms. The van der Waals surface area contributed by atoms with Crippen LogP contribution in [0.4, 0.5) is 11.4 Å². The quantitative estimate of drug-likeness (QED) is 0.382. The predicted octanol–water partition coefficient (Wildman–Crippen LogP) is 3.55. The van der Waals surface area contributed by atoms with Crippen molar-refractivity contribution in [3.63, 3.8) is 0 Å². The molecule has 12 heteroatoms. The smallest absolute Gasteiger partial charge is 0.316 e. The van der Waals surface area contributed by atoms with Gasteiger partial charge in [0.05, 0.1) is 54.6 Å². The number of piperidine rings is 1. The van der Waals surface area contributed by atoms with Gasteiger partial charge in [0.2, 0.25) is 5.88 Å². The van der Waals surface area contributed by atoms with Crippen LogP contribution in [0.25, 0.3) is 0 Å². The van der Waals surface area contributed by atoms with Crippen molar-refractivity contribution in [1.82, 2.24) is 15.0 Å². The maximum absolute atomic E-state index is 11.6. The summed E-state index contributed by atoms with van der Waals surface area (Å²) < 4.78 is 22.6. The molecule has 0 spiro atoms. The number of carbonyl (C=O) groups is 1. The number of nitrogens with zero attached hydrogens (tertiary/aromatic N) is 5. The molecule has 39 heavy (non-hydrogen) atoms. The molecular weight excluding hydrogens is 526 g/mol. The molecule has 2 fully saturated rings. The molecule has 1 N–H and O–H groups in total. The van der Waals surface area contributed by atoms with Crippen molar-refractivity contribution in [3.8, 4) is 11.9 Å². The maximum atomic E-state index is 11.6. The fourth-order valence-electron chi connectivity index (χ4n) is 5.38. The summed E-state index contributed by atoms with van der Waals surface area (Å²) in [7, 11) is 3.25. The first-order chi connectivity index (χ1) is 18.8. The minimum Gasteiger partial charge on any atom is -0.481 e. The number of halogens is 1. The Balaban J connectivity index is 1.37.